The first-order valence-electron chi connectivity index (χ1n) is 6.26. The molecule has 0 spiro atoms. The lowest BCUT2D eigenvalue weighted by molar-refractivity contribution is 0.108. The van der Waals surface area contributed by atoms with Gasteiger partial charge in [0.15, 0.2) is 11.5 Å². The van der Waals surface area contributed by atoms with E-state index in [1.807, 2.05) is 30.3 Å². The van der Waals surface area contributed by atoms with Crippen molar-refractivity contribution in [2.75, 3.05) is 21.3 Å². The monoisotopic (exact) mass is 304 g/mol. The van der Waals surface area contributed by atoms with Crippen molar-refractivity contribution in [1.29, 1.82) is 0 Å². The quantitative estimate of drug-likeness (QED) is 0.789. The summed E-state index contributed by atoms with van der Waals surface area (Å²) in [7, 11) is 4.59. The molecule has 0 saturated carbocycles. The van der Waals surface area contributed by atoms with Crippen molar-refractivity contribution in [3.8, 4) is 17.2 Å². The van der Waals surface area contributed by atoms with Crippen LogP contribution >= 0.6 is 11.8 Å². The third-order valence-electron chi connectivity index (χ3n) is 2.88. The van der Waals surface area contributed by atoms with Crippen LogP contribution in [0.2, 0.25) is 0 Å². The van der Waals surface area contributed by atoms with Crippen molar-refractivity contribution in [3.05, 3.63) is 48.0 Å². The highest BCUT2D eigenvalue weighted by Gasteiger charge is 2.18. The van der Waals surface area contributed by atoms with E-state index in [2.05, 4.69) is 0 Å². The zero-order chi connectivity index (χ0) is 15.2. The molecule has 0 N–H and O–H groups in total. The maximum atomic E-state index is 12.4. The van der Waals surface area contributed by atoms with E-state index in [0.29, 0.717) is 22.8 Å². The Labute approximate surface area is 128 Å². The number of hydrogen-bond acceptors (Lipinski definition) is 5. The number of hydrogen-bond donors (Lipinski definition) is 0. The second-order valence-electron chi connectivity index (χ2n) is 4.11. The first-order chi connectivity index (χ1) is 10.2. The van der Waals surface area contributed by atoms with Gasteiger partial charge in [-0.3, -0.25) is 4.79 Å². The van der Waals surface area contributed by atoms with Crippen molar-refractivity contribution in [3.63, 3.8) is 0 Å². The van der Waals surface area contributed by atoms with Crippen LogP contribution in [0.15, 0.2) is 47.4 Å². The molecular formula is C16H16O4S. The molecule has 0 aliphatic heterocycles. The largest absolute Gasteiger partial charge is 0.496 e. The van der Waals surface area contributed by atoms with Crippen LogP contribution in [0.1, 0.15) is 10.4 Å². The molecule has 2 aromatic carbocycles. The van der Waals surface area contributed by atoms with Crippen LogP contribution in [0.25, 0.3) is 0 Å². The predicted molar refractivity (Wildman–Crippen MR) is 82.7 cm³/mol. The average molecular weight is 304 g/mol. The Kier molecular flexibility index (Phi) is 5.11. The van der Waals surface area contributed by atoms with Gasteiger partial charge in [0.05, 0.1) is 26.9 Å². The van der Waals surface area contributed by atoms with Crippen molar-refractivity contribution >= 4 is 16.9 Å². The number of benzene rings is 2. The van der Waals surface area contributed by atoms with Gasteiger partial charge in [-0.1, -0.05) is 18.2 Å². The van der Waals surface area contributed by atoms with Gasteiger partial charge >= 0.3 is 0 Å². The normalized spacial score (nSPS) is 10.0. The Morgan fingerprint density at radius 1 is 0.857 bits per heavy atom. The Bertz CT molecular complexity index is 626. The zero-order valence-electron chi connectivity index (χ0n) is 12.1. The molecule has 2 rings (SSSR count). The van der Waals surface area contributed by atoms with Gasteiger partial charge in [-0.25, -0.2) is 0 Å². The molecule has 5 heteroatoms. The van der Waals surface area contributed by atoms with E-state index >= 15 is 0 Å². The SMILES string of the molecule is COc1cc(OC)c(C(=O)Sc2ccccc2)cc1OC. The minimum atomic E-state index is -0.112. The third-order valence-corrected chi connectivity index (χ3v) is 3.79. The summed E-state index contributed by atoms with van der Waals surface area (Å²) in [5, 5.41) is -0.112. The second kappa shape index (κ2) is 7.04. The lowest BCUT2D eigenvalue weighted by atomic mass is 10.2. The van der Waals surface area contributed by atoms with Crippen LogP contribution in [-0.2, 0) is 0 Å². The summed E-state index contributed by atoms with van der Waals surface area (Å²) in [6, 6.07) is 12.7. The highest BCUT2D eigenvalue weighted by atomic mass is 32.2. The maximum Gasteiger partial charge on any atom is 0.227 e. The van der Waals surface area contributed by atoms with Crippen LogP contribution in [0, 0.1) is 0 Å². The predicted octanol–water partition coefficient (Wildman–Crippen LogP) is 3.64. The van der Waals surface area contributed by atoms with Crippen LogP contribution < -0.4 is 14.2 Å². The summed E-state index contributed by atoms with van der Waals surface area (Å²) in [5.41, 5.74) is 0.448. The first kappa shape index (κ1) is 15.3. The van der Waals surface area contributed by atoms with E-state index in [4.69, 9.17) is 14.2 Å². The maximum absolute atomic E-state index is 12.4. The van der Waals surface area contributed by atoms with Crippen molar-refractivity contribution in [2.45, 2.75) is 4.90 Å². The van der Waals surface area contributed by atoms with Crippen LogP contribution in [0.3, 0.4) is 0 Å². The lowest BCUT2D eigenvalue weighted by Crippen LogP contribution is -2.01. The molecule has 0 fully saturated rings. The molecule has 0 aliphatic carbocycles. The van der Waals surface area contributed by atoms with Gasteiger partial charge in [0.2, 0.25) is 5.12 Å². The van der Waals surface area contributed by atoms with Crippen LogP contribution in [0.5, 0.6) is 17.2 Å². The third kappa shape index (κ3) is 3.49. The molecule has 0 atom stereocenters. The average Bonchev–Trinajstić information content (AvgIpc) is 2.54. The van der Waals surface area contributed by atoms with Crippen molar-refractivity contribution < 1.29 is 19.0 Å². The minimum Gasteiger partial charge on any atom is -0.496 e. The molecule has 0 saturated heterocycles. The summed E-state index contributed by atoms with van der Waals surface area (Å²) in [5.74, 6) is 1.48. The summed E-state index contributed by atoms with van der Waals surface area (Å²) < 4.78 is 15.7. The Balaban J connectivity index is 2.35. The summed E-state index contributed by atoms with van der Waals surface area (Å²) in [6.07, 6.45) is 0. The number of methoxy groups -OCH3 is 3. The second-order valence-corrected chi connectivity index (χ2v) is 5.16. The molecule has 0 aliphatic rings. The number of ether oxygens (including phenoxy) is 3. The molecule has 0 radical (unpaired) electrons. The highest BCUT2D eigenvalue weighted by Crippen LogP contribution is 2.37. The van der Waals surface area contributed by atoms with E-state index in [0.717, 1.165) is 16.7 Å². The molecule has 0 heterocycles. The molecule has 110 valence electrons. The smallest absolute Gasteiger partial charge is 0.227 e. The fourth-order valence-electron chi connectivity index (χ4n) is 1.84. The fraction of sp³-hybridized carbons (Fsp3) is 0.188. The van der Waals surface area contributed by atoms with E-state index < -0.39 is 0 Å². The Hall–Kier alpha value is -2.14. The van der Waals surface area contributed by atoms with Crippen LogP contribution in [0.4, 0.5) is 0 Å². The van der Waals surface area contributed by atoms with E-state index in [9.17, 15) is 4.79 Å². The molecule has 4 nitrogen and oxygen atoms in total. The van der Waals surface area contributed by atoms with Crippen molar-refractivity contribution in [2.24, 2.45) is 0 Å². The van der Waals surface area contributed by atoms with Gasteiger partial charge in [-0.2, -0.15) is 0 Å². The van der Waals surface area contributed by atoms with Gasteiger partial charge in [0, 0.05) is 11.0 Å². The minimum absolute atomic E-state index is 0.112. The molecule has 2 aromatic rings. The number of carbonyl (C=O) groups is 1. The van der Waals surface area contributed by atoms with E-state index in [1.165, 1.54) is 21.3 Å². The zero-order valence-corrected chi connectivity index (χ0v) is 12.9. The summed E-state index contributed by atoms with van der Waals surface area (Å²) in [6.45, 7) is 0. The van der Waals surface area contributed by atoms with E-state index in [1.54, 1.807) is 12.1 Å². The molecule has 0 unspecified atom stereocenters. The van der Waals surface area contributed by atoms with Crippen molar-refractivity contribution in [1.82, 2.24) is 0 Å². The number of rotatable bonds is 5. The lowest BCUT2D eigenvalue weighted by Gasteiger charge is -2.13. The Morgan fingerprint density at radius 2 is 1.43 bits per heavy atom. The summed E-state index contributed by atoms with van der Waals surface area (Å²) >= 11 is 1.14. The standard InChI is InChI=1S/C16H16O4S/c1-18-13-10-15(20-3)14(19-2)9-12(13)16(17)21-11-7-5-4-6-8-11/h4-10H,1-3H3. The van der Waals surface area contributed by atoms with Gasteiger partial charge in [0.25, 0.3) is 0 Å². The van der Waals surface area contributed by atoms with Crippen LogP contribution in [-0.4, -0.2) is 26.4 Å². The molecular weight excluding hydrogens is 288 g/mol. The summed E-state index contributed by atoms with van der Waals surface area (Å²) in [4.78, 5) is 13.3. The molecule has 0 aromatic heterocycles. The van der Waals surface area contributed by atoms with Gasteiger partial charge in [-0.05, 0) is 30.0 Å². The van der Waals surface area contributed by atoms with Gasteiger partial charge in [-0.15, -0.1) is 0 Å². The number of carbonyl (C=O) groups excluding carboxylic acids is 1. The van der Waals surface area contributed by atoms with Gasteiger partial charge < -0.3 is 14.2 Å². The molecule has 0 bridgehead atoms. The fourth-order valence-corrected chi connectivity index (χ4v) is 2.62. The first-order valence-corrected chi connectivity index (χ1v) is 7.08. The van der Waals surface area contributed by atoms with E-state index in [-0.39, 0.29) is 5.12 Å². The van der Waals surface area contributed by atoms with Gasteiger partial charge in [0.1, 0.15) is 5.75 Å². The topological polar surface area (TPSA) is 44.8 Å². The molecule has 0 amide bonds. The number of thioether (sulfide) groups is 1. The highest BCUT2D eigenvalue weighted by molar-refractivity contribution is 8.14. The molecule has 21 heavy (non-hydrogen) atoms. The Morgan fingerprint density at radius 3 is 2.00 bits per heavy atom.